The Bertz CT molecular complexity index is 263. The van der Waals surface area contributed by atoms with Gasteiger partial charge in [0.1, 0.15) is 0 Å². The molecule has 0 aromatic carbocycles. The summed E-state index contributed by atoms with van der Waals surface area (Å²) in [6, 6.07) is 0. The van der Waals surface area contributed by atoms with E-state index in [9.17, 15) is 4.79 Å². The number of carbonyl (C=O) groups is 1. The monoisotopic (exact) mass is 181 g/mol. The quantitative estimate of drug-likeness (QED) is 0.649. The van der Waals surface area contributed by atoms with Gasteiger partial charge in [-0.25, -0.2) is 4.98 Å². The normalized spacial score (nSPS) is 9.62. The number of anilines is 1. The van der Waals surface area contributed by atoms with Crippen LogP contribution in [-0.4, -0.2) is 34.7 Å². The lowest BCUT2D eigenvalue weighted by atomic mass is 10.4. The SMILES string of the molecule is CNCCC(=O)Nc1nccnn1. The molecule has 6 nitrogen and oxygen atoms in total. The summed E-state index contributed by atoms with van der Waals surface area (Å²) in [5.74, 6) is 0.117. The zero-order chi connectivity index (χ0) is 9.52. The molecule has 2 N–H and O–H groups in total. The van der Waals surface area contributed by atoms with Crippen LogP contribution in [0.3, 0.4) is 0 Å². The zero-order valence-corrected chi connectivity index (χ0v) is 7.32. The van der Waals surface area contributed by atoms with Gasteiger partial charge in [0.2, 0.25) is 11.9 Å². The van der Waals surface area contributed by atoms with Gasteiger partial charge in [0.15, 0.2) is 0 Å². The smallest absolute Gasteiger partial charge is 0.249 e. The lowest BCUT2D eigenvalue weighted by molar-refractivity contribution is -0.116. The number of hydrogen-bond donors (Lipinski definition) is 2. The molecule has 70 valence electrons. The molecule has 1 aromatic rings. The Morgan fingerprint density at radius 3 is 3.00 bits per heavy atom. The molecule has 1 heterocycles. The van der Waals surface area contributed by atoms with Crippen molar-refractivity contribution in [3.05, 3.63) is 12.4 Å². The Labute approximate surface area is 75.8 Å². The van der Waals surface area contributed by atoms with Crippen LogP contribution < -0.4 is 10.6 Å². The topological polar surface area (TPSA) is 79.8 Å². The highest BCUT2D eigenvalue weighted by Gasteiger charge is 2.02. The van der Waals surface area contributed by atoms with Gasteiger partial charge in [-0.3, -0.25) is 10.1 Å². The first-order chi connectivity index (χ1) is 6.33. The fourth-order valence-corrected chi connectivity index (χ4v) is 0.731. The second kappa shape index (κ2) is 5.15. The van der Waals surface area contributed by atoms with E-state index in [2.05, 4.69) is 25.8 Å². The van der Waals surface area contributed by atoms with E-state index in [-0.39, 0.29) is 11.9 Å². The highest BCUT2D eigenvalue weighted by atomic mass is 16.1. The number of amides is 1. The van der Waals surface area contributed by atoms with Gasteiger partial charge in [0.25, 0.3) is 0 Å². The zero-order valence-electron chi connectivity index (χ0n) is 7.32. The number of hydrogen-bond acceptors (Lipinski definition) is 5. The molecular formula is C7H11N5O. The molecule has 13 heavy (non-hydrogen) atoms. The van der Waals surface area contributed by atoms with Crippen molar-refractivity contribution in [3.8, 4) is 0 Å². The van der Waals surface area contributed by atoms with E-state index in [1.165, 1.54) is 12.4 Å². The summed E-state index contributed by atoms with van der Waals surface area (Å²) < 4.78 is 0. The first-order valence-electron chi connectivity index (χ1n) is 3.91. The van der Waals surface area contributed by atoms with Gasteiger partial charge in [-0.15, -0.1) is 5.10 Å². The van der Waals surface area contributed by atoms with Crippen molar-refractivity contribution in [2.24, 2.45) is 0 Å². The van der Waals surface area contributed by atoms with Crippen molar-refractivity contribution in [1.29, 1.82) is 0 Å². The van der Waals surface area contributed by atoms with Crippen LogP contribution in [0.15, 0.2) is 12.4 Å². The highest BCUT2D eigenvalue weighted by molar-refractivity contribution is 5.88. The minimum atomic E-state index is -0.123. The molecule has 0 atom stereocenters. The maximum absolute atomic E-state index is 11.1. The van der Waals surface area contributed by atoms with Crippen LogP contribution in [0.2, 0.25) is 0 Å². The molecule has 0 saturated heterocycles. The molecule has 0 aliphatic heterocycles. The Hall–Kier alpha value is -1.56. The van der Waals surface area contributed by atoms with Crippen molar-refractivity contribution < 1.29 is 4.79 Å². The van der Waals surface area contributed by atoms with Gasteiger partial charge in [-0.1, -0.05) is 0 Å². The van der Waals surface area contributed by atoms with Crippen LogP contribution in [0.25, 0.3) is 0 Å². The van der Waals surface area contributed by atoms with Crippen LogP contribution in [0, 0.1) is 0 Å². The molecule has 0 spiro atoms. The second-order valence-electron chi connectivity index (χ2n) is 2.37. The predicted octanol–water partition coefficient (Wildman–Crippen LogP) is -0.580. The third-order valence-corrected chi connectivity index (χ3v) is 1.34. The molecule has 1 rings (SSSR count). The first kappa shape index (κ1) is 9.53. The van der Waals surface area contributed by atoms with E-state index in [0.717, 1.165) is 0 Å². The van der Waals surface area contributed by atoms with Gasteiger partial charge < -0.3 is 5.32 Å². The van der Waals surface area contributed by atoms with E-state index in [0.29, 0.717) is 13.0 Å². The molecular weight excluding hydrogens is 170 g/mol. The van der Waals surface area contributed by atoms with Gasteiger partial charge in [-0.05, 0) is 7.05 Å². The molecule has 1 amide bonds. The Morgan fingerprint density at radius 2 is 2.38 bits per heavy atom. The third-order valence-electron chi connectivity index (χ3n) is 1.34. The largest absolute Gasteiger partial charge is 0.319 e. The fraction of sp³-hybridized carbons (Fsp3) is 0.429. The number of rotatable bonds is 4. The van der Waals surface area contributed by atoms with E-state index in [1.54, 1.807) is 7.05 Å². The Morgan fingerprint density at radius 1 is 1.54 bits per heavy atom. The molecule has 0 radical (unpaired) electrons. The molecule has 0 unspecified atom stereocenters. The molecule has 0 fully saturated rings. The minimum absolute atomic E-state index is 0.123. The van der Waals surface area contributed by atoms with Crippen molar-refractivity contribution in [2.75, 3.05) is 18.9 Å². The maximum atomic E-state index is 11.1. The highest BCUT2D eigenvalue weighted by Crippen LogP contribution is 1.92. The summed E-state index contributed by atoms with van der Waals surface area (Å²) >= 11 is 0. The third kappa shape index (κ3) is 3.57. The molecule has 1 aromatic heterocycles. The fourth-order valence-electron chi connectivity index (χ4n) is 0.731. The van der Waals surface area contributed by atoms with Crippen molar-refractivity contribution in [3.63, 3.8) is 0 Å². The summed E-state index contributed by atoms with van der Waals surface area (Å²) in [6.07, 6.45) is 3.32. The molecule has 0 saturated carbocycles. The van der Waals surface area contributed by atoms with Gasteiger partial charge in [-0.2, -0.15) is 5.10 Å². The molecule has 0 aliphatic rings. The molecule has 0 bridgehead atoms. The summed E-state index contributed by atoms with van der Waals surface area (Å²) in [5.41, 5.74) is 0. The van der Waals surface area contributed by atoms with Gasteiger partial charge >= 0.3 is 0 Å². The van der Waals surface area contributed by atoms with Crippen molar-refractivity contribution in [1.82, 2.24) is 20.5 Å². The van der Waals surface area contributed by atoms with Crippen molar-refractivity contribution >= 4 is 11.9 Å². The average molecular weight is 181 g/mol. The second-order valence-corrected chi connectivity index (χ2v) is 2.37. The Balaban J connectivity index is 2.37. The number of aromatic nitrogens is 3. The lowest BCUT2D eigenvalue weighted by Gasteiger charge is -2.00. The van der Waals surface area contributed by atoms with Gasteiger partial charge in [0.05, 0.1) is 12.4 Å². The van der Waals surface area contributed by atoms with Gasteiger partial charge in [0, 0.05) is 13.0 Å². The standard InChI is InChI=1S/C7H11N5O/c1-8-3-2-6(13)11-7-9-4-5-10-12-7/h4-5,8H,2-3H2,1H3,(H,9,11,12,13). The summed E-state index contributed by atoms with van der Waals surface area (Å²) in [5, 5.41) is 12.6. The summed E-state index contributed by atoms with van der Waals surface area (Å²) in [7, 11) is 1.79. The Kier molecular flexibility index (Phi) is 3.77. The number of carbonyl (C=O) groups excluding carboxylic acids is 1. The maximum Gasteiger partial charge on any atom is 0.249 e. The van der Waals surface area contributed by atoms with E-state index < -0.39 is 0 Å². The minimum Gasteiger partial charge on any atom is -0.319 e. The van der Waals surface area contributed by atoms with E-state index >= 15 is 0 Å². The average Bonchev–Trinajstić information content (AvgIpc) is 2.16. The van der Waals surface area contributed by atoms with Crippen LogP contribution in [0.1, 0.15) is 6.42 Å². The first-order valence-corrected chi connectivity index (χ1v) is 3.91. The van der Waals surface area contributed by atoms with E-state index in [1.807, 2.05) is 0 Å². The summed E-state index contributed by atoms with van der Waals surface area (Å²) in [6.45, 7) is 0.631. The number of nitrogens with zero attached hydrogens (tertiary/aromatic N) is 3. The number of nitrogens with one attached hydrogen (secondary N) is 2. The predicted molar refractivity (Wildman–Crippen MR) is 47.0 cm³/mol. The molecule has 0 aliphatic carbocycles. The lowest BCUT2D eigenvalue weighted by Crippen LogP contribution is -2.19. The van der Waals surface area contributed by atoms with Crippen LogP contribution >= 0.6 is 0 Å². The van der Waals surface area contributed by atoms with Crippen LogP contribution in [-0.2, 0) is 4.79 Å². The van der Waals surface area contributed by atoms with Crippen LogP contribution in [0.4, 0.5) is 5.95 Å². The molecule has 6 heteroatoms. The van der Waals surface area contributed by atoms with E-state index in [4.69, 9.17) is 0 Å². The van der Waals surface area contributed by atoms with Crippen LogP contribution in [0.5, 0.6) is 0 Å². The summed E-state index contributed by atoms with van der Waals surface area (Å²) in [4.78, 5) is 14.9. The van der Waals surface area contributed by atoms with Crippen molar-refractivity contribution in [2.45, 2.75) is 6.42 Å².